The number of benzene rings is 1. The van der Waals surface area contributed by atoms with Crippen molar-refractivity contribution in [2.45, 2.75) is 19.8 Å². The summed E-state index contributed by atoms with van der Waals surface area (Å²) in [4.78, 5) is 39.4. The molecule has 3 amide bonds. The monoisotopic (exact) mass is 447 g/mol. The molecule has 2 aromatic rings. The predicted octanol–water partition coefficient (Wildman–Crippen LogP) is 1.47. The molecule has 0 radical (unpaired) electrons. The number of carbonyl (C=O) groups excluding carboxylic acids is 3. The fourth-order valence-corrected chi connectivity index (χ4v) is 3.94. The molecular formula is C20H25N5O5S. The summed E-state index contributed by atoms with van der Waals surface area (Å²) in [5, 5.41) is 9.11. The van der Waals surface area contributed by atoms with Crippen molar-refractivity contribution in [3.05, 3.63) is 28.8 Å². The van der Waals surface area contributed by atoms with Gasteiger partial charge in [0.25, 0.3) is 5.91 Å². The molecule has 3 rings (SSSR count). The van der Waals surface area contributed by atoms with Crippen LogP contribution in [0.5, 0.6) is 11.5 Å². The lowest BCUT2D eigenvalue weighted by atomic mass is 9.96. The van der Waals surface area contributed by atoms with Crippen LogP contribution < -0.4 is 20.1 Å². The third-order valence-corrected chi connectivity index (χ3v) is 5.98. The highest BCUT2D eigenvalue weighted by atomic mass is 32.1. The summed E-state index contributed by atoms with van der Waals surface area (Å²) in [6, 6.07) is 4.92. The molecule has 0 spiro atoms. The number of likely N-dealkylation sites (tertiary alicyclic amines) is 1. The average Bonchev–Trinajstić information content (AvgIpc) is 3.22. The van der Waals surface area contributed by atoms with Gasteiger partial charge in [-0.3, -0.25) is 14.4 Å². The lowest BCUT2D eigenvalue weighted by Gasteiger charge is -2.31. The Morgan fingerprint density at radius 3 is 2.52 bits per heavy atom. The highest BCUT2D eigenvalue weighted by Crippen LogP contribution is 2.28. The van der Waals surface area contributed by atoms with Crippen LogP contribution in [0.15, 0.2) is 18.2 Å². The number of methoxy groups -OCH3 is 2. The zero-order valence-electron chi connectivity index (χ0n) is 17.6. The van der Waals surface area contributed by atoms with Crippen molar-refractivity contribution in [2.75, 3.05) is 39.2 Å². The van der Waals surface area contributed by atoms with E-state index in [0.717, 1.165) is 24.4 Å². The normalized spacial score (nSPS) is 14.1. The number of aryl methyl sites for hydroxylation is 1. The van der Waals surface area contributed by atoms with Crippen LogP contribution in [0.25, 0.3) is 0 Å². The number of hydrogen-bond acceptors (Lipinski definition) is 8. The van der Waals surface area contributed by atoms with Gasteiger partial charge in [-0.1, -0.05) is 4.49 Å². The van der Waals surface area contributed by atoms with Gasteiger partial charge >= 0.3 is 11.8 Å². The Hall–Kier alpha value is -3.21. The minimum atomic E-state index is -0.785. The van der Waals surface area contributed by atoms with Crippen LogP contribution in [0, 0.1) is 12.8 Å². The number of amides is 3. The molecule has 1 aliphatic rings. The number of piperidine rings is 1. The molecule has 31 heavy (non-hydrogen) atoms. The fourth-order valence-electron chi connectivity index (χ4n) is 3.32. The van der Waals surface area contributed by atoms with Gasteiger partial charge in [0.1, 0.15) is 16.4 Å². The van der Waals surface area contributed by atoms with Gasteiger partial charge in [-0.25, -0.2) is 0 Å². The minimum absolute atomic E-state index is 0.0541. The van der Waals surface area contributed by atoms with E-state index in [4.69, 9.17) is 9.47 Å². The summed E-state index contributed by atoms with van der Waals surface area (Å²) in [6.07, 6.45) is 1.48. The molecule has 0 unspecified atom stereocenters. The average molecular weight is 448 g/mol. The van der Waals surface area contributed by atoms with E-state index in [1.54, 1.807) is 30.0 Å². The number of nitrogens with zero attached hydrogens (tertiary/aromatic N) is 3. The number of nitrogens with one attached hydrogen (secondary N) is 2. The van der Waals surface area contributed by atoms with Crippen molar-refractivity contribution in [3.63, 3.8) is 0 Å². The number of anilines is 1. The van der Waals surface area contributed by atoms with Gasteiger partial charge in [-0.15, -0.1) is 5.10 Å². The number of hydrogen-bond donors (Lipinski definition) is 2. The van der Waals surface area contributed by atoms with E-state index in [2.05, 4.69) is 20.2 Å². The van der Waals surface area contributed by atoms with E-state index in [1.807, 2.05) is 0 Å². The number of aromatic nitrogens is 2. The van der Waals surface area contributed by atoms with E-state index >= 15 is 0 Å². The summed E-state index contributed by atoms with van der Waals surface area (Å²) in [7, 11) is 2.98. The number of carbonyl (C=O) groups is 3. The highest BCUT2D eigenvalue weighted by molar-refractivity contribution is 7.07. The molecule has 0 aliphatic carbocycles. The quantitative estimate of drug-likeness (QED) is 0.643. The molecule has 0 bridgehead atoms. The van der Waals surface area contributed by atoms with Crippen molar-refractivity contribution in [3.8, 4) is 11.5 Å². The van der Waals surface area contributed by atoms with Crippen LogP contribution >= 0.6 is 11.5 Å². The lowest BCUT2D eigenvalue weighted by Crippen LogP contribution is -2.43. The number of ether oxygens (including phenoxy) is 2. The maximum Gasteiger partial charge on any atom is 0.313 e. The Labute approximate surface area is 184 Å². The third-order valence-electron chi connectivity index (χ3n) is 5.16. The van der Waals surface area contributed by atoms with E-state index in [1.165, 1.54) is 14.2 Å². The van der Waals surface area contributed by atoms with Crippen LogP contribution in [-0.2, 0) is 9.59 Å². The second-order valence-corrected chi connectivity index (χ2v) is 7.91. The van der Waals surface area contributed by atoms with Gasteiger partial charge in [0.15, 0.2) is 0 Å². The van der Waals surface area contributed by atoms with Crippen LogP contribution in [0.1, 0.15) is 28.2 Å². The van der Waals surface area contributed by atoms with Gasteiger partial charge in [-0.2, -0.15) is 0 Å². The first-order valence-electron chi connectivity index (χ1n) is 9.82. The Balaban J connectivity index is 1.47. The molecule has 166 valence electrons. The molecule has 1 fully saturated rings. The standard InChI is InChI=1S/C20H25N5O5S/c1-12-17(31-24-23-12)20(28)25-8-6-13(7-9-25)11-21-18(26)19(27)22-15-10-14(29-2)4-5-16(15)30-3/h4-5,10,13H,6-9,11H2,1-3H3,(H,21,26)(H,22,27). The zero-order valence-corrected chi connectivity index (χ0v) is 18.5. The SMILES string of the molecule is COc1ccc(OC)c(NC(=O)C(=O)NCC2CCN(C(=O)c3snnc3C)CC2)c1. The van der Waals surface area contributed by atoms with Crippen LogP contribution in [-0.4, -0.2) is 66.1 Å². The molecule has 1 aliphatic heterocycles. The topological polar surface area (TPSA) is 123 Å². The van der Waals surface area contributed by atoms with E-state index in [9.17, 15) is 14.4 Å². The van der Waals surface area contributed by atoms with E-state index in [-0.39, 0.29) is 11.8 Å². The first kappa shape index (κ1) is 22.5. The van der Waals surface area contributed by atoms with Gasteiger partial charge in [-0.05, 0) is 49.3 Å². The Morgan fingerprint density at radius 1 is 1.16 bits per heavy atom. The van der Waals surface area contributed by atoms with Crippen molar-refractivity contribution in [1.82, 2.24) is 19.8 Å². The first-order valence-corrected chi connectivity index (χ1v) is 10.6. The molecule has 2 N–H and O–H groups in total. The predicted molar refractivity (Wildman–Crippen MR) is 114 cm³/mol. The molecule has 10 nitrogen and oxygen atoms in total. The summed E-state index contributed by atoms with van der Waals surface area (Å²) >= 11 is 1.10. The molecule has 0 saturated carbocycles. The van der Waals surface area contributed by atoms with Crippen LogP contribution in [0.4, 0.5) is 5.69 Å². The molecule has 0 atom stereocenters. The molecular weight excluding hydrogens is 422 g/mol. The van der Waals surface area contributed by atoms with E-state index < -0.39 is 11.8 Å². The van der Waals surface area contributed by atoms with Crippen LogP contribution in [0.2, 0.25) is 0 Å². The second-order valence-electron chi connectivity index (χ2n) is 7.15. The van der Waals surface area contributed by atoms with Crippen molar-refractivity contribution >= 4 is 34.9 Å². The first-order chi connectivity index (χ1) is 14.9. The smallest absolute Gasteiger partial charge is 0.313 e. The zero-order chi connectivity index (χ0) is 22.4. The van der Waals surface area contributed by atoms with Gasteiger partial charge in [0.2, 0.25) is 0 Å². The van der Waals surface area contributed by atoms with Gasteiger partial charge < -0.3 is 25.0 Å². The highest BCUT2D eigenvalue weighted by Gasteiger charge is 2.27. The Morgan fingerprint density at radius 2 is 1.90 bits per heavy atom. The third kappa shape index (κ3) is 5.48. The van der Waals surface area contributed by atoms with Gasteiger partial charge in [0, 0.05) is 25.7 Å². The van der Waals surface area contributed by atoms with Crippen molar-refractivity contribution < 1.29 is 23.9 Å². The summed E-state index contributed by atoms with van der Waals surface area (Å²) in [5.41, 5.74) is 0.990. The van der Waals surface area contributed by atoms with Gasteiger partial charge in [0.05, 0.1) is 25.6 Å². The maximum atomic E-state index is 12.5. The molecule has 2 heterocycles. The van der Waals surface area contributed by atoms with Crippen LogP contribution in [0.3, 0.4) is 0 Å². The summed E-state index contributed by atoms with van der Waals surface area (Å²) in [5.74, 6) is -0.427. The molecule has 1 aromatic carbocycles. The fraction of sp³-hybridized carbons (Fsp3) is 0.450. The number of rotatable bonds is 6. The summed E-state index contributed by atoms with van der Waals surface area (Å²) in [6.45, 7) is 3.31. The molecule has 1 saturated heterocycles. The summed E-state index contributed by atoms with van der Waals surface area (Å²) < 4.78 is 14.2. The Kier molecular flexibility index (Phi) is 7.40. The largest absolute Gasteiger partial charge is 0.497 e. The molecule has 11 heteroatoms. The van der Waals surface area contributed by atoms with Crippen molar-refractivity contribution in [1.29, 1.82) is 0 Å². The minimum Gasteiger partial charge on any atom is -0.497 e. The van der Waals surface area contributed by atoms with Crippen molar-refractivity contribution in [2.24, 2.45) is 5.92 Å². The molecule has 1 aromatic heterocycles. The van der Waals surface area contributed by atoms with E-state index in [0.29, 0.717) is 47.4 Å². The second kappa shape index (κ2) is 10.2. The Bertz CT molecular complexity index is 955. The maximum absolute atomic E-state index is 12.5. The lowest BCUT2D eigenvalue weighted by molar-refractivity contribution is -0.136.